The van der Waals surface area contributed by atoms with E-state index in [2.05, 4.69) is 4.72 Å². The third kappa shape index (κ3) is 4.09. The molecule has 0 saturated carbocycles. The van der Waals surface area contributed by atoms with E-state index in [0.29, 0.717) is 11.1 Å². The van der Waals surface area contributed by atoms with Crippen molar-refractivity contribution in [1.82, 2.24) is 4.72 Å². The molecule has 0 aliphatic carbocycles. The topological polar surface area (TPSA) is 83.5 Å². The Labute approximate surface area is 94.2 Å². The summed E-state index contributed by atoms with van der Waals surface area (Å²) < 4.78 is 24.0. The molecule has 1 aromatic carbocycles. The van der Waals surface area contributed by atoms with Gasteiger partial charge >= 0.3 is 0 Å². The molecule has 0 bridgehead atoms. The Morgan fingerprint density at radius 2 is 2.12 bits per heavy atom. The molecule has 88 valence electrons. The SMILES string of the molecule is CS(=O)(=O)NCc1cccc(C(=O)CO)c1. The lowest BCUT2D eigenvalue weighted by Gasteiger charge is -2.04. The maximum atomic E-state index is 11.2. The number of ketones is 1. The van der Waals surface area contributed by atoms with Crippen LogP contribution in [-0.4, -0.2) is 32.2 Å². The Hall–Kier alpha value is -1.24. The summed E-state index contributed by atoms with van der Waals surface area (Å²) in [6.07, 6.45) is 1.07. The summed E-state index contributed by atoms with van der Waals surface area (Å²) in [5.41, 5.74) is 1.04. The highest BCUT2D eigenvalue weighted by molar-refractivity contribution is 7.88. The van der Waals surface area contributed by atoms with Gasteiger partial charge in [-0.2, -0.15) is 0 Å². The van der Waals surface area contributed by atoms with Crippen LogP contribution in [0.2, 0.25) is 0 Å². The highest BCUT2D eigenvalue weighted by Crippen LogP contribution is 2.06. The van der Waals surface area contributed by atoms with E-state index >= 15 is 0 Å². The number of hydrogen-bond acceptors (Lipinski definition) is 4. The Kier molecular flexibility index (Phi) is 4.17. The molecule has 0 aliphatic rings. The van der Waals surface area contributed by atoms with Crippen LogP contribution in [0.15, 0.2) is 24.3 Å². The highest BCUT2D eigenvalue weighted by Gasteiger charge is 2.06. The van der Waals surface area contributed by atoms with Crippen LogP contribution in [0.1, 0.15) is 15.9 Å². The summed E-state index contributed by atoms with van der Waals surface area (Å²) in [5, 5.41) is 8.68. The zero-order valence-electron chi connectivity index (χ0n) is 8.80. The number of aliphatic hydroxyl groups excluding tert-OH is 1. The van der Waals surface area contributed by atoms with Crippen molar-refractivity contribution in [3.8, 4) is 0 Å². The van der Waals surface area contributed by atoms with Gasteiger partial charge in [-0.3, -0.25) is 4.79 Å². The lowest BCUT2D eigenvalue weighted by Crippen LogP contribution is -2.21. The molecular formula is C10H13NO4S. The first-order chi connectivity index (χ1) is 7.42. The minimum Gasteiger partial charge on any atom is -0.388 e. The average molecular weight is 243 g/mol. The third-order valence-corrected chi connectivity index (χ3v) is 2.60. The van der Waals surface area contributed by atoms with Crippen molar-refractivity contribution in [1.29, 1.82) is 0 Å². The summed E-state index contributed by atoms with van der Waals surface area (Å²) in [6.45, 7) is -0.422. The van der Waals surface area contributed by atoms with Crippen LogP contribution < -0.4 is 4.72 Å². The number of carbonyl (C=O) groups is 1. The summed E-state index contributed by atoms with van der Waals surface area (Å²) in [6, 6.07) is 6.47. The van der Waals surface area contributed by atoms with Crippen LogP contribution in [0.25, 0.3) is 0 Å². The molecule has 0 amide bonds. The van der Waals surface area contributed by atoms with Gasteiger partial charge in [0.1, 0.15) is 6.61 Å². The number of carbonyl (C=O) groups excluding carboxylic acids is 1. The van der Waals surface area contributed by atoms with E-state index < -0.39 is 16.6 Å². The number of benzene rings is 1. The van der Waals surface area contributed by atoms with Gasteiger partial charge in [0.15, 0.2) is 5.78 Å². The second-order valence-corrected chi connectivity index (χ2v) is 5.21. The molecule has 1 rings (SSSR count). The molecule has 0 fully saturated rings. The quantitative estimate of drug-likeness (QED) is 0.708. The lowest BCUT2D eigenvalue weighted by atomic mass is 10.1. The number of rotatable bonds is 5. The summed E-state index contributed by atoms with van der Waals surface area (Å²) >= 11 is 0. The summed E-state index contributed by atoms with van der Waals surface area (Å²) in [7, 11) is -3.25. The Morgan fingerprint density at radius 1 is 1.44 bits per heavy atom. The monoisotopic (exact) mass is 243 g/mol. The van der Waals surface area contributed by atoms with Crippen molar-refractivity contribution in [3.63, 3.8) is 0 Å². The standard InChI is InChI=1S/C10H13NO4S/c1-16(14,15)11-6-8-3-2-4-9(5-8)10(13)7-12/h2-5,11-12H,6-7H2,1H3. The Morgan fingerprint density at radius 3 is 2.69 bits per heavy atom. The maximum absolute atomic E-state index is 11.2. The van der Waals surface area contributed by atoms with Crippen LogP contribution in [0.5, 0.6) is 0 Å². The first-order valence-electron chi connectivity index (χ1n) is 4.60. The molecule has 0 heterocycles. The third-order valence-electron chi connectivity index (χ3n) is 1.93. The molecule has 5 nitrogen and oxygen atoms in total. The molecule has 0 aliphatic heterocycles. The zero-order chi connectivity index (χ0) is 12.2. The smallest absolute Gasteiger partial charge is 0.209 e. The first kappa shape index (κ1) is 12.8. The van der Waals surface area contributed by atoms with E-state index in [4.69, 9.17) is 5.11 Å². The maximum Gasteiger partial charge on any atom is 0.209 e. The van der Waals surface area contributed by atoms with Gasteiger partial charge in [-0.15, -0.1) is 0 Å². The van der Waals surface area contributed by atoms with E-state index in [1.165, 1.54) is 0 Å². The fraction of sp³-hybridized carbons (Fsp3) is 0.300. The van der Waals surface area contributed by atoms with Gasteiger partial charge in [-0.05, 0) is 11.6 Å². The lowest BCUT2D eigenvalue weighted by molar-refractivity contribution is 0.0903. The molecule has 0 spiro atoms. The van der Waals surface area contributed by atoms with Crippen LogP contribution in [0.4, 0.5) is 0 Å². The average Bonchev–Trinajstić information content (AvgIpc) is 2.25. The summed E-state index contributed by atoms with van der Waals surface area (Å²) in [5.74, 6) is -0.388. The predicted molar refractivity (Wildman–Crippen MR) is 59.5 cm³/mol. The van der Waals surface area contributed by atoms with Crippen LogP contribution in [0, 0.1) is 0 Å². The highest BCUT2D eigenvalue weighted by atomic mass is 32.2. The Bertz CT molecular complexity index is 481. The van der Waals surface area contributed by atoms with Crippen molar-refractivity contribution in [2.45, 2.75) is 6.54 Å². The van der Waals surface area contributed by atoms with E-state index in [0.717, 1.165) is 6.26 Å². The molecule has 0 saturated heterocycles. The minimum atomic E-state index is -3.25. The number of Topliss-reactive ketones (excluding diaryl/α,β-unsaturated/α-hetero) is 1. The van der Waals surface area contributed by atoms with E-state index in [-0.39, 0.29) is 12.3 Å². The molecule has 0 radical (unpaired) electrons. The van der Waals surface area contributed by atoms with Crippen molar-refractivity contribution in [3.05, 3.63) is 35.4 Å². The Balaban J connectivity index is 2.79. The van der Waals surface area contributed by atoms with Gasteiger partial charge < -0.3 is 5.11 Å². The molecule has 2 N–H and O–H groups in total. The van der Waals surface area contributed by atoms with Gasteiger partial charge in [-0.1, -0.05) is 18.2 Å². The largest absolute Gasteiger partial charge is 0.388 e. The van der Waals surface area contributed by atoms with Gasteiger partial charge in [0, 0.05) is 12.1 Å². The zero-order valence-corrected chi connectivity index (χ0v) is 9.62. The number of aliphatic hydroxyl groups is 1. The van der Waals surface area contributed by atoms with Crippen molar-refractivity contribution < 1.29 is 18.3 Å². The number of hydrogen-bond donors (Lipinski definition) is 2. The molecule has 1 aromatic rings. The molecule has 6 heteroatoms. The van der Waals surface area contributed by atoms with Crippen LogP contribution in [0.3, 0.4) is 0 Å². The van der Waals surface area contributed by atoms with Crippen molar-refractivity contribution in [2.75, 3.05) is 12.9 Å². The molecule has 16 heavy (non-hydrogen) atoms. The fourth-order valence-electron chi connectivity index (χ4n) is 1.16. The predicted octanol–water partition coefficient (Wildman–Crippen LogP) is -0.0892. The van der Waals surface area contributed by atoms with Gasteiger partial charge in [0.2, 0.25) is 10.0 Å². The van der Waals surface area contributed by atoms with Gasteiger partial charge in [0.25, 0.3) is 0 Å². The first-order valence-corrected chi connectivity index (χ1v) is 6.49. The van der Waals surface area contributed by atoms with Crippen molar-refractivity contribution >= 4 is 15.8 Å². The van der Waals surface area contributed by atoms with E-state index in [1.54, 1.807) is 24.3 Å². The van der Waals surface area contributed by atoms with Crippen molar-refractivity contribution in [2.24, 2.45) is 0 Å². The van der Waals surface area contributed by atoms with Crippen LogP contribution >= 0.6 is 0 Å². The van der Waals surface area contributed by atoms with Gasteiger partial charge in [0.05, 0.1) is 6.26 Å². The molecule has 0 aromatic heterocycles. The second kappa shape index (κ2) is 5.20. The van der Waals surface area contributed by atoms with E-state index in [9.17, 15) is 13.2 Å². The second-order valence-electron chi connectivity index (χ2n) is 3.37. The fourth-order valence-corrected chi connectivity index (χ4v) is 1.59. The van der Waals surface area contributed by atoms with Crippen LogP contribution in [-0.2, 0) is 16.6 Å². The summed E-state index contributed by atoms with van der Waals surface area (Å²) in [4.78, 5) is 11.2. The molecular weight excluding hydrogens is 230 g/mol. The minimum absolute atomic E-state index is 0.130. The molecule has 0 unspecified atom stereocenters. The normalized spacial score (nSPS) is 11.4. The van der Waals surface area contributed by atoms with Gasteiger partial charge in [-0.25, -0.2) is 13.1 Å². The number of nitrogens with one attached hydrogen (secondary N) is 1. The number of sulfonamides is 1. The van der Waals surface area contributed by atoms with E-state index in [1.807, 2.05) is 0 Å². The molecule has 0 atom stereocenters.